The first-order chi connectivity index (χ1) is 16.7. The molecular formula is C23H21F3N4O5. The second kappa shape index (κ2) is 10.2. The number of carbonyl (C=O) groups is 1. The van der Waals surface area contributed by atoms with E-state index in [1.807, 2.05) is 0 Å². The monoisotopic (exact) mass is 490 g/mol. The molecule has 1 aliphatic rings. The molecule has 0 spiro atoms. The Morgan fingerprint density at radius 3 is 2.69 bits per heavy atom. The Hall–Kier alpha value is -3.77. The minimum absolute atomic E-state index is 0.00379. The van der Waals surface area contributed by atoms with E-state index in [4.69, 9.17) is 9.47 Å². The molecule has 184 valence electrons. The van der Waals surface area contributed by atoms with Gasteiger partial charge < -0.3 is 19.9 Å². The molecule has 1 aromatic carbocycles. The number of aliphatic hydroxyl groups excluding tert-OH is 1. The van der Waals surface area contributed by atoms with E-state index in [1.165, 1.54) is 42.7 Å². The SMILES string of the molecule is O=C(N[C@H]1COCC[C@H]1O)c1cc(-c2ccc(OCC(F)(F)F)cc2)nn(-c2cccnc2)c1=O. The Morgan fingerprint density at radius 2 is 2.03 bits per heavy atom. The van der Waals surface area contributed by atoms with Gasteiger partial charge in [0.05, 0.1) is 36.3 Å². The van der Waals surface area contributed by atoms with Crippen molar-refractivity contribution in [1.29, 1.82) is 0 Å². The van der Waals surface area contributed by atoms with Crippen molar-refractivity contribution in [2.24, 2.45) is 0 Å². The quantitative estimate of drug-likeness (QED) is 0.544. The fourth-order valence-corrected chi connectivity index (χ4v) is 3.45. The van der Waals surface area contributed by atoms with Crippen molar-refractivity contribution < 1.29 is 32.5 Å². The van der Waals surface area contributed by atoms with Crippen LogP contribution >= 0.6 is 0 Å². The van der Waals surface area contributed by atoms with Crippen molar-refractivity contribution in [2.45, 2.75) is 24.7 Å². The van der Waals surface area contributed by atoms with Gasteiger partial charge in [-0.05, 0) is 48.9 Å². The van der Waals surface area contributed by atoms with E-state index in [0.29, 0.717) is 24.3 Å². The third-order valence-corrected chi connectivity index (χ3v) is 5.24. The number of nitrogens with one attached hydrogen (secondary N) is 1. The molecule has 35 heavy (non-hydrogen) atoms. The number of rotatable bonds is 6. The third kappa shape index (κ3) is 6.03. The van der Waals surface area contributed by atoms with E-state index in [9.17, 15) is 27.9 Å². The summed E-state index contributed by atoms with van der Waals surface area (Å²) < 4.78 is 48.3. The number of halogens is 3. The molecule has 0 bridgehead atoms. The maximum Gasteiger partial charge on any atom is 0.422 e. The highest BCUT2D eigenvalue weighted by atomic mass is 19.4. The summed E-state index contributed by atoms with van der Waals surface area (Å²) in [6, 6.07) is 9.36. The maximum absolute atomic E-state index is 13.1. The summed E-state index contributed by atoms with van der Waals surface area (Å²) in [5, 5.41) is 17.1. The van der Waals surface area contributed by atoms with E-state index in [2.05, 4.69) is 15.4 Å². The van der Waals surface area contributed by atoms with Gasteiger partial charge in [-0.15, -0.1) is 0 Å². The van der Waals surface area contributed by atoms with Crippen LogP contribution in [0.25, 0.3) is 16.9 Å². The molecule has 2 atom stereocenters. The lowest BCUT2D eigenvalue weighted by Gasteiger charge is -2.28. The highest BCUT2D eigenvalue weighted by Gasteiger charge is 2.29. The largest absolute Gasteiger partial charge is 0.484 e. The average molecular weight is 490 g/mol. The number of aromatic nitrogens is 3. The number of pyridine rings is 1. The molecule has 0 aliphatic carbocycles. The number of alkyl halides is 3. The van der Waals surface area contributed by atoms with Gasteiger partial charge in [0.15, 0.2) is 6.61 Å². The Labute approximate surface area is 197 Å². The van der Waals surface area contributed by atoms with Crippen molar-refractivity contribution in [3.8, 4) is 22.7 Å². The minimum atomic E-state index is -4.47. The van der Waals surface area contributed by atoms with Crippen molar-refractivity contribution in [2.75, 3.05) is 19.8 Å². The van der Waals surface area contributed by atoms with Crippen molar-refractivity contribution in [1.82, 2.24) is 20.1 Å². The number of amides is 1. The van der Waals surface area contributed by atoms with E-state index in [-0.39, 0.29) is 23.6 Å². The molecule has 1 aliphatic heterocycles. The zero-order chi connectivity index (χ0) is 25.0. The molecule has 3 heterocycles. The number of carbonyl (C=O) groups excluding carboxylic acids is 1. The van der Waals surface area contributed by atoms with Gasteiger partial charge in [-0.2, -0.15) is 23.0 Å². The van der Waals surface area contributed by atoms with Crippen LogP contribution in [0.2, 0.25) is 0 Å². The summed E-state index contributed by atoms with van der Waals surface area (Å²) in [4.78, 5) is 30.1. The lowest BCUT2D eigenvalue weighted by atomic mass is 10.1. The van der Waals surface area contributed by atoms with Crippen LogP contribution in [0.5, 0.6) is 5.75 Å². The molecule has 1 fully saturated rings. The van der Waals surface area contributed by atoms with Gasteiger partial charge in [0.25, 0.3) is 11.5 Å². The molecule has 1 saturated heterocycles. The number of hydrogen-bond donors (Lipinski definition) is 2. The highest BCUT2D eigenvalue weighted by molar-refractivity contribution is 5.95. The Morgan fingerprint density at radius 1 is 1.26 bits per heavy atom. The predicted molar refractivity (Wildman–Crippen MR) is 117 cm³/mol. The summed E-state index contributed by atoms with van der Waals surface area (Å²) in [5.41, 5.74) is -0.0114. The molecule has 2 N–H and O–H groups in total. The second-order valence-corrected chi connectivity index (χ2v) is 7.81. The molecule has 2 aromatic heterocycles. The Bertz CT molecular complexity index is 1230. The van der Waals surface area contributed by atoms with Gasteiger partial charge in [-0.1, -0.05) is 0 Å². The predicted octanol–water partition coefficient (Wildman–Crippen LogP) is 2.12. The van der Waals surface area contributed by atoms with Crippen LogP contribution in [-0.2, 0) is 4.74 Å². The molecular weight excluding hydrogens is 469 g/mol. The summed E-state index contributed by atoms with van der Waals surface area (Å²) in [5.74, 6) is -0.730. The number of ether oxygens (including phenoxy) is 2. The number of nitrogens with zero attached hydrogens (tertiary/aromatic N) is 3. The van der Waals surface area contributed by atoms with Crippen molar-refractivity contribution in [3.63, 3.8) is 0 Å². The standard InChI is InChI=1S/C23H21F3N4O5/c24-23(25,26)13-35-16-5-3-14(4-6-16)18-10-17(21(32)28-19-12-34-9-7-20(19)31)22(33)30(29-18)15-2-1-8-27-11-15/h1-6,8,10-11,19-20,31H,7,9,12-13H2,(H,28,32)/t19-,20+/m0/s1. The van der Waals surface area contributed by atoms with Gasteiger partial charge in [-0.25, -0.2) is 0 Å². The number of benzene rings is 1. The van der Waals surface area contributed by atoms with Gasteiger partial charge in [-0.3, -0.25) is 14.6 Å². The normalized spacial score (nSPS) is 18.2. The molecule has 12 heteroatoms. The van der Waals surface area contributed by atoms with Crippen LogP contribution in [0.1, 0.15) is 16.8 Å². The third-order valence-electron chi connectivity index (χ3n) is 5.24. The first-order valence-corrected chi connectivity index (χ1v) is 10.6. The Balaban J connectivity index is 1.69. The highest BCUT2D eigenvalue weighted by Crippen LogP contribution is 2.23. The zero-order valence-corrected chi connectivity index (χ0v) is 18.2. The van der Waals surface area contributed by atoms with E-state index in [1.54, 1.807) is 12.1 Å². The number of aliphatic hydroxyl groups is 1. The molecule has 1 amide bonds. The summed E-state index contributed by atoms with van der Waals surface area (Å²) in [6.07, 6.45) is -2.05. The first kappa shape index (κ1) is 24.4. The van der Waals surface area contributed by atoms with Gasteiger partial charge in [0, 0.05) is 18.4 Å². The maximum atomic E-state index is 13.1. The van der Waals surface area contributed by atoms with Crippen molar-refractivity contribution in [3.05, 3.63) is 70.8 Å². The molecule has 9 nitrogen and oxygen atoms in total. The summed E-state index contributed by atoms with van der Waals surface area (Å²) in [7, 11) is 0. The van der Waals surface area contributed by atoms with Crippen LogP contribution < -0.4 is 15.6 Å². The van der Waals surface area contributed by atoms with Crippen LogP contribution in [-0.4, -0.2) is 63.9 Å². The smallest absolute Gasteiger partial charge is 0.422 e. The van der Waals surface area contributed by atoms with Crippen molar-refractivity contribution >= 4 is 5.91 Å². The van der Waals surface area contributed by atoms with E-state index >= 15 is 0 Å². The lowest BCUT2D eigenvalue weighted by molar-refractivity contribution is -0.153. The Kier molecular flexibility index (Phi) is 7.12. The molecule has 0 radical (unpaired) electrons. The molecule has 3 aromatic rings. The van der Waals surface area contributed by atoms with Crippen LogP contribution in [0.4, 0.5) is 13.2 Å². The van der Waals surface area contributed by atoms with Gasteiger partial charge >= 0.3 is 6.18 Å². The van der Waals surface area contributed by atoms with Crippen LogP contribution in [0.3, 0.4) is 0 Å². The number of hydrogen-bond acceptors (Lipinski definition) is 7. The molecule has 4 rings (SSSR count). The minimum Gasteiger partial charge on any atom is -0.484 e. The van der Waals surface area contributed by atoms with E-state index < -0.39 is 36.4 Å². The fraction of sp³-hybridized carbons (Fsp3) is 0.304. The van der Waals surface area contributed by atoms with Gasteiger partial charge in [0.2, 0.25) is 0 Å². The average Bonchev–Trinajstić information content (AvgIpc) is 2.85. The van der Waals surface area contributed by atoms with E-state index in [0.717, 1.165) is 4.68 Å². The lowest BCUT2D eigenvalue weighted by Crippen LogP contribution is -2.50. The van der Waals surface area contributed by atoms with Crippen LogP contribution in [0.15, 0.2) is 59.7 Å². The molecule has 0 unspecified atom stereocenters. The summed E-state index contributed by atoms with van der Waals surface area (Å²) in [6.45, 7) is -0.970. The second-order valence-electron chi connectivity index (χ2n) is 7.81. The molecule has 0 saturated carbocycles. The van der Waals surface area contributed by atoms with Gasteiger partial charge in [0.1, 0.15) is 11.3 Å². The topological polar surface area (TPSA) is 116 Å². The first-order valence-electron chi connectivity index (χ1n) is 10.6. The zero-order valence-electron chi connectivity index (χ0n) is 18.2. The summed E-state index contributed by atoms with van der Waals surface area (Å²) >= 11 is 0. The van der Waals surface area contributed by atoms with Crippen LogP contribution in [0, 0.1) is 0 Å². The fourth-order valence-electron chi connectivity index (χ4n) is 3.45.